The summed E-state index contributed by atoms with van der Waals surface area (Å²) in [5.74, 6) is -0.190. The first-order chi connectivity index (χ1) is 15.5. The number of aromatic nitrogens is 3. The van der Waals surface area contributed by atoms with Crippen molar-refractivity contribution in [3.8, 4) is 17.9 Å². The second kappa shape index (κ2) is 8.58. The van der Waals surface area contributed by atoms with E-state index in [1.54, 1.807) is 49.6 Å². The van der Waals surface area contributed by atoms with Gasteiger partial charge >= 0.3 is 0 Å². The van der Waals surface area contributed by atoms with Crippen LogP contribution in [0.4, 0.5) is 5.82 Å². The highest BCUT2D eigenvalue weighted by Crippen LogP contribution is 2.27. The number of amides is 2. The Labute approximate surface area is 183 Å². The van der Waals surface area contributed by atoms with Crippen LogP contribution in [0.2, 0.25) is 0 Å². The lowest BCUT2D eigenvalue weighted by atomic mass is 10.1. The monoisotopic (exact) mass is 427 g/mol. The summed E-state index contributed by atoms with van der Waals surface area (Å²) >= 11 is 0. The van der Waals surface area contributed by atoms with Gasteiger partial charge in [0.15, 0.2) is 17.3 Å². The molecule has 1 atom stereocenters. The van der Waals surface area contributed by atoms with Crippen LogP contribution >= 0.6 is 0 Å². The lowest BCUT2D eigenvalue weighted by Gasteiger charge is -2.19. The molecule has 1 aliphatic heterocycles. The maximum absolute atomic E-state index is 12.8. The van der Waals surface area contributed by atoms with Gasteiger partial charge in [0.2, 0.25) is 0 Å². The fourth-order valence-corrected chi connectivity index (χ4v) is 3.32. The maximum Gasteiger partial charge on any atom is 0.272 e. The Balaban J connectivity index is 1.52. The van der Waals surface area contributed by atoms with Crippen molar-refractivity contribution in [1.29, 1.82) is 10.5 Å². The van der Waals surface area contributed by atoms with E-state index in [0.717, 1.165) is 5.56 Å². The second-order valence-corrected chi connectivity index (χ2v) is 7.06. The van der Waals surface area contributed by atoms with Gasteiger partial charge in [-0.2, -0.15) is 15.6 Å². The Morgan fingerprint density at radius 2 is 2.09 bits per heavy atom. The molecule has 0 aliphatic carbocycles. The number of benzene rings is 1. The molecule has 0 saturated carbocycles. The van der Waals surface area contributed by atoms with Crippen molar-refractivity contribution >= 4 is 17.6 Å². The summed E-state index contributed by atoms with van der Waals surface area (Å²) in [6.07, 6.45) is 1.55. The van der Waals surface area contributed by atoms with Gasteiger partial charge in [-0.3, -0.25) is 14.5 Å². The van der Waals surface area contributed by atoms with Crippen LogP contribution in [0.25, 0.3) is 0 Å². The minimum atomic E-state index is -0.954. The molecular formula is C22H17N7O3. The molecule has 0 radical (unpaired) electrons. The second-order valence-electron chi connectivity index (χ2n) is 7.06. The largest absolute Gasteiger partial charge is 0.487 e. The third-order valence-electron chi connectivity index (χ3n) is 4.92. The van der Waals surface area contributed by atoms with Gasteiger partial charge in [0.25, 0.3) is 11.8 Å². The van der Waals surface area contributed by atoms with Crippen molar-refractivity contribution in [3.63, 3.8) is 0 Å². The van der Waals surface area contributed by atoms with E-state index in [-0.39, 0.29) is 30.4 Å². The summed E-state index contributed by atoms with van der Waals surface area (Å²) in [7, 11) is 1.56. The molecule has 1 aromatic carbocycles. The Morgan fingerprint density at radius 1 is 1.25 bits per heavy atom. The van der Waals surface area contributed by atoms with E-state index in [9.17, 15) is 14.9 Å². The molecule has 3 aromatic rings. The fourth-order valence-electron chi connectivity index (χ4n) is 3.32. The van der Waals surface area contributed by atoms with Crippen LogP contribution in [0.15, 0.2) is 48.7 Å². The summed E-state index contributed by atoms with van der Waals surface area (Å²) in [6, 6.07) is 14.7. The quantitative estimate of drug-likeness (QED) is 0.661. The van der Waals surface area contributed by atoms with E-state index in [4.69, 9.17) is 10.00 Å². The van der Waals surface area contributed by atoms with Gasteiger partial charge in [0.1, 0.15) is 24.4 Å². The molecule has 158 valence electrons. The SMILES string of the molecule is CN1C(=O)C(NC(=O)c2cc(C#N)n(Cc3cccc(C#N)c3)n2)COc2cccnc21. The third-order valence-corrected chi connectivity index (χ3v) is 4.92. The number of hydrogen-bond acceptors (Lipinski definition) is 7. The Hall–Kier alpha value is -4.70. The molecule has 0 bridgehead atoms. The van der Waals surface area contributed by atoms with Crippen molar-refractivity contribution in [2.24, 2.45) is 0 Å². The minimum absolute atomic E-state index is 0.00618. The topological polar surface area (TPSA) is 137 Å². The van der Waals surface area contributed by atoms with E-state index in [1.165, 1.54) is 15.6 Å². The molecular weight excluding hydrogens is 410 g/mol. The molecule has 1 unspecified atom stereocenters. The Kier molecular flexibility index (Phi) is 5.51. The number of nitrogens with one attached hydrogen (secondary N) is 1. The zero-order valence-electron chi connectivity index (χ0n) is 17.0. The first kappa shape index (κ1) is 20.6. The zero-order chi connectivity index (χ0) is 22.7. The van der Waals surface area contributed by atoms with Gasteiger partial charge in [-0.15, -0.1) is 0 Å². The lowest BCUT2D eigenvalue weighted by molar-refractivity contribution is -0.120. The maximum atomic E-state index is 12.8. The van der Waals surface area contributed by atoms with Crippen molar-refractivity contribution in [2.75, 3.05) is 18.6 Å². The van der Waals surface area contributed by atoms with Gasteiger partial charge in [-0.1, -0.05) is 12.1 Å². The smallest absolute Gasteiger partial charge is 0.272 e. The highest BCUT2D eigenvalue weighted by Gasteiger charge is 2.32. The summed E-state index contributed by atoms with van der Waals surface area (Å²) in [4.78, 5) is 31.1. The highest BCUT2D eigenvalue weighted by molar-refractivity contribution is 6.02. The summed E-state index contributed by atoms with van der Waals surface area (Å²) < 4.78 is 7.02. The summed E-state index contributed by atoms with van der Waals surface area (Å²) in [5, 5.41) is 25.4. The molecule has 1 aliphatic rings. The zero-order valence-corrected chi connectivity index (χ0v) is 17.0. The predicted octanol–water partition coefficient (Wildman–Crippen LogP) is 1.22. The molecule has 32 heavy (non-hydrogen) atoms. The van der Waals surface area contributed by atoms with Crippen molar-refractivity contribution < 1.29 is 14.3 Å². The van der Waals surface area contributed by atoms with E-state index in [1.807, 2.05) is 6.07 Å². The number of hydrogen-bond donors (Lipinski definition) is 1. The van der Waals surface area contributed by atoms with Crippen LogP contribution in [0.1, 0.15) is 27.3 Å². The average molecular weight is 427 g/mol. The number of fused-ring (bicyclic) bond motifs is 1. The number of rotatable bonds is 4. The van der Waals surface area contributed by atoms with E-state index < -0.39 is 11.9 Å². The molecule has 1 N–H and O–H groups in total. The molecule has 0 fully saturated rings. The van der Waals surface area contributed by atoms with Crippen molar-refractivity contribution in [3.05, 3.63) is 71.2 Å². The summed E-state index contributed by atoms with van der Waals surface area (Å²) in [5.41, 5.74) is 1.41. The number of pyridine rings is 1. The van der Waals surface area contributed by atoms with Gasteiger partial charge in [0, 0.05) is 19.3 Å². The molecule has 2 aromatic heterocycles. The first-order valence-electron chi connectivity index (χ1n) is 9.63. The standard InChI is InChI=1S/C22H17N7O3/c1-28-20-19(6-3-7-25-20)32-13-18(22(28)31)26-21(30)17-9-16(11-24)29(27-17)12-15-5-2-4-14(8-15)10-23/h2-9,18H,12-13H2,1H3,(H,26,30). The number of ether oxygens (including phenoxy) is 1. The fraction of sp³-hybridized carbons (Fsp3) is 0.182. The van der Waals surface area contributed by atoms with Gasteiger partial charge in [0.05, 0.1) is 18.2 Å². The predicted molar refractivity (Wildman–Crippen MR) is 112 cm³/mol. The molecule has 4 rings (SSSR count). The number of nitriles is 2. The number of anilines is 1. The van der Waals surface area contributed by atoms with Gasteiger partial charge in [-0.05, 0) is 29.8 Å². The normalized spacial score (nSPS) is 15.0. The first-order valence-corrected chi connectivity index (χ1v) is 9.63. The molecule has 0 saturated heterocycles. The van der Waals surface area contributed by atoms with Gasteiger partial charge < -0.3 is 10.1 Å². The van der Waals surface area contributed by atoms with Gasteiger partial charge in [-0.25, -0.2) is 9.67 Å². The van der Waals surface area contributed by atoms with Crippen LogP contribution < -0.4 is 15.0 Å². The molecule has 10 heteroatoms. The molecule has 2 amide bonds. The average Bonchev–Trinajstić information content (AvgIpc) is 3.19. The Bertz CT molecular complexity index is 1290. The van der Waals surface area contributed by atoms with Crippen LogP contribution in [-0.4, -0.2) is 46.3 Å². The minimum Gasteiger partial charge on any atom is -0.487 e. The van der Waals surface area contributed by atoms with E-state index in [2.05, 4.69) is 21.5 Å². The molecule has 3 heterocycles. The van der Waals surface area contributed by atoms with Crippen molar-refractivity contribution in [1.82, 2.24) is 20.1 Å². The lowest BCUT2D eigenvalue weighted by Crippen LogP contribution is -2.49. The Morgan fingerprint density at radius 3 is 2.88 bits per heavy atom. The van der Waals surface area contributed by atoms with Crippen molar-refractivity contribution in [2.45, 2.75) is 12.6 Å². The highest BCUT2D eigenvalue weighted by atomic mass is 16.5. The summed E-state index contributed by atoms with van der Waals surface area (Å²) in [6.45, 7) is 0.140. The van der Waals surface area contributed by atoms with Crippen LogP contribution in [0, 0.1) is 22.7 Å². The van der Waals surface area contributed by atoms with Crippen LogP contribution in [0.5, 0.6) is 5.75 Å². The number of nitrogens with zero attached hydrogens (tertiary/aromatic N) is 6. The number of carbonyl (C=O) groups excluding carboxylic acids is 2. The molecule has 0 spiro atoms. The number of likely N-dealkylation sites (N-methyl/N-ethyl adjacent to an activating group) is 1. The number of carbonyl (C=O) groups is 2. The van der Waals surface area contributed by atoms with E-state index in [0.29, 0.717) is 17.1 Å². The van der Waals surface area contributed by atoms with Crippen LogP contribution in [0.3, 0.4) is 0 Å². The van der Waals surface area contributed by atoms with E-state index >= 15 is 0 Å². The van der Waals surface area contributed by atoms with Crippen LogP contribution in [-0.2, 0) is 11.3 Å². The molecule has 10 nitrogen and oxygen atoms in total. The third kappa shape index (κ3) is 3.98.